The summed E-state index contributed by atoms with van der Waals surface area (Å²) in [5.74, 6) is -2.03. The maximum absolute atomic E-state index is 12.2. The Balaban J connectivity index is 2.04. The highest BCUT2D eigenvalue weighted by molar-refractivity contribution is 7.99. The van der Waals surface area contributed by atoms with Crippen molar-refractivity contribution < 1.29 is 19.1 Å². The summed E-state index contributed by atoms with van der Waals surface area (Å²) in [5.41, 5.74) is 5.11. The van der Waals surface area contributed by atoms with Crippen LogP contribution >= 0.6 is 23.4 Å². The maximum Gasteiger partial charge on any atom is 0.341 e. The Labute approximate surface area is 152 Å². The minimum atomic E-state index is -0.711. The Hall–Kier alpha value is -2.58. The molecule has 0 saturated carbocycles. The number of pyridine rings is 1. The van der Waals surface area contributed by atoms with Gasteiger partial charge in [-0.2, -0.15) is 0 Å². The van der Waals surface area contributed by atoms with Gasteiger partial charge in [-0.1, -0.05) is 35.5 Å². The number of aromatic nitrogens is 1. The van der Waals surface area contributed by atoms with Crippen LogP contribution in [0, 0.1) is 0 Å². The predicted molar refractivity (Wildman–Crippen MR) is 92.3 cm³/mol. The third kappa shape index (κ3) is 5.77. The van der Waals surface area contributed by atoms with Crippen molar-refractivity contribution in [3.8, 4) is 0 Å². The van der Waals surface area contributed by atoms with Crippen molar-refractivity contribution in [1.29, 1.82) is 0 Å². The third-order valence-electron chi connectivity index (χ3n) is 2.83. The maximum atomic E-state index is 12.2. The molecule has 0 saturated heterocycles. The molecule has 7 nitrogen and oxygen atoms in total. The molecule has 25 heavy (non-hydrogen) atoms. The quantitative estimate of drug-likeness (QED) is 0.707. The lowest BCUT2D eigenvalue weighted by Crippen LogP contribution is -2.36. The zero-order valence-corrected chi connectivity index (χ0v) is 14.5. The molecule has 130 valence electrons. The Bertz CT molecular complexity index is 800. The topological polar surface area (TPSA) is 111 Å². The first-order chi connectivity index (χ1) is 12.0. The van der Waals surface area contributed by atoms with Gasteiger partial charge in [0, 0.05) is 11.1 Å². The fourth-order valence-electron chi connectivity index (χ4n) is 1.70. The fraction of sp³-hybridized carbons (Fsp3) is 0.125. The molecule has 1 aromatic heterocycles. The average molecular weight is 380 g/mol. The normalized spacial score (nSPS) is 10.1. The minimum absolute atomic E-state index is 0.204. The lowest BCUT2D eigenvalue weighted by Gasteiger charge is -2.09. The van der Waals surface area contributed by atoms with Gasteiger partial charge in [0.1, 0.15) is 5.03 Å². The predicted octanol–water partition coefficient (Wildman–Crippen LogP) is 1.64. The van der Waals surface area contributed by atoms with Crippen LogP contribution in [-0.4, -0.2) is 35.9 Å². The number of nitrogens with zero attached hydrogens (tertiary/aromatic N) is 1. The van der Waals surface area contributed by atoms with Gasteiger partial charge in [0.05, 0.1) is 17.1 Å². The molecule has 1 heterocycles. The first-order valence-corrected chi connectivity index (χ1v) is 8.26. The van der Waals surface area contributed by atoms with Crippen molar-refractivity contribution in [2.75, 3.05) is 13.2 Å². The lowest BCUT2D eigenvalue weighted by molar-refractivity contribution is -0.127. The molecule has 2 rings (SSSR count). The van der Waals surface area contributed by atoms with E-state index < -0.39 is 24.4 Å². The van der Waals surface area contributed by atoms with Crippen LogP contribution < -0.4 is 11.1 Å². The number of nitrogens with two attached hydrogens (primary N) is 1. The van der Waals surface area contributed by atoms with E-state index in [4.69, 9.17) is 22.1 Å². The van der Waals surface area contributed by atoms with E-state index in [1.54, 1.807) is 24.3 Å². The SMILES string of the molecule is NC(=O)CNC(=O)COC(=O)c1cccnc1Sc1ccccc1Cl. The summed E-state index contributed by atoms with van der Waals surface area (Å²) in [6.45, 7) is -0.853. The standard InChI is InChI=1S/C16H14ClN3O4S/c17-11-5-1-2-6-12(11)25-15-10(4-3-7-19-15)16(23)24-9-14(22)20-8-13(18)21/h1-7H,8-9H2,(H2,18,21)(H,20,22). The molecule has 0 bridgehead atoms. The molecule has 2 aromatic rings. The molecule has 0 unspecified atom stereocenters. The molecule has 0 spiro atoms. The summed E-state index contributed by atoms with van der Waals surface area (Å²) < 4.78 is 4.94. The summed E-state index contributed by atoms with van der Waals surface area (Å²) >= 11 is 7.33. The van der Waals surface area contributed by atoms with Crippen LogP contribution in [0.1, 0.15) is 10.4 Å². The zero-order chi connectivity index (χ0) is 18.2. The van der Waals surface area contributed by atoms with Crippen LogP contribution in [-0.2, 0) is 14.3 Å². The Morgan fingerprint density at radius 1 is 1.20 bits per heavy atom. The van der Waals surface area contributed by atoms with E-state index in [0.29, 0.717) is 10.0 Å². The van der Waals surface area contributed by atoms with Gasteiger partial charge in [-0.05, 0) is 24.3 Å². The van der Waals surface area contributed by atoms with E-state index in [0.717, 1.165) is 4.90 Å². The molecule has 2 amide bonds. The number of carbonyl (C=O) groups is 3. The minimum Gasteiger partial charge on any atom is -0.452 e. The number of carbonyl (C=O) groups excluding carboxylic acids is 3. The number of primary amides is 1. The highest BCUT2D eigenvalue weighted by Crippen LogP contribution is 2.33. The molecule has 1 aromatic carbocycles. The van der Waals surface area contributed by atoms with Crippen LogP contribution in [0.25, 0.3) is 0 Å². The van der Waals surface area contributed by atoms with Crippen LogP contribution in [0.15, 0.2) is 52.5 Å². The number of halogens is 1. The van der Waals surface area contributed by atoms with E-state index in [1.165, 1.54) is 24.0 Å². The van der Waals surface area contributed by atoms with Gasteiger partial charge in [-0.15, -0.1) is 0 Å². The van der Waals surface area contributed by atoms with Crippen LogP contribution in [0.5, 0.6) is 0 Å². The Morgan fingerprint density at radius 3 is 2.68 bits per heavy atom. The molecule has 3 N–H and O–H groups in total. The molecular weight excluding hydrogens is 366 g/mol. The van der Waals surface area contributed by atoms with Crippen molar-refractivity contribution in [2.24, 2.45) is 5.73 Å². The molecule has 0 radical (unpaired) electrons. The average Bonchev–Trinajstić information content (AvgIpc) is 2.60. The van der Waals surface area contributed by atoms with E-state index in [1.807, 2.05) is 6.07 Å². The second-order valence-corrected chi connectivity index (χ2v) is 6.15. The van der Waals surface area contributed by atoms with Crippen molar-refractivity contribution in [3.05, 3.63) is 53.2 Å². The van der Waals surface area contributed by atoms with Crippen molar-refractivity contribution in [2.45, 2.75) is 9.92 Å². The van der Waals surface area contributed by atoms with Gasteiger partial charge in [-0.25, -0.2) is 9.78 Å². The molecular formula is C16H14ClN3O4S. The van der Waals surface area contributed by atoms with Crippen LogP contribution in [0.2, 0.25) is 5.02 Å². The van der Waals surface area contributed by atoms with E-state index in [9.17, 15) is 14.4 Å². The highest BCUT2D eigenvalue weighted by atomic mass is 35.5. The highest BCUT2D eigenvalue weighted by Gasteiger charge is 2.17. The lowest BCUT2D eigenvalue weighted by atomic mass is 10.3. The Morgan fingerprint density at radius 2 is 1.96 bits per heavy atom. The number of amides is 2. The molecule has 9 heteroatoms. The van der Waals surface area contributed by atoms with Crippen molar-refractivity contribution in [1.82, 2.24) is 10.3 Å². The number of hydrogen-bond donors (Lipinski definition) is 2. The zero-order valence-electron chi connectivity index (χ0n) is 12.9. The monoisotopic (exact) mass is 379 g/mol. The van der Waals surface area contributed by atoms with Gasteiger partial charge < -0.3 is 15.8 Å². The number of nitrogens with one attached hydrogen (secondary N) is 1. The van der Waals surface area contributed by atoms with Crippen molar-refractivity contribution >= 4 is 41.1 Å². The second kappa shape index (κ2) is 9.05. The van der Waals surface area contributed by atoms with Gasteiger partial charge in [-0.3, -0.25) is 9.59 Å². The third-order valence-corrected chi connectivity index (χ3v) is 4.36. The van der Waals surface area contributed by atoms with Gasteiger partial charge in [0.2, 0.25) is 5.91 Å². The summed E-state index contributed by atoms with van der Waals surface area (Å²) in [5, 5.41) is 3.15. The molecule has 0 aliphatic rings. The fourth-order valence-corrected chi connectivity index (χ4v) is 2.85. The van der Waals surface area contributed by atoms with Gasteiger partial charge in [0.25, 0.3) is 5.91 Å². The number of ether oxygens (including phenoxy) is 1. The van der Waals surface area contributed by atoms with Gasteiger partial charge >= 0.3 is 5.97 Å². The summed E-state index contributed by atoms with van der Waals surface area (Å²) in [6.07, 6.45) is 1.54. The van der Waals surface area contributed by atoms with Crippen LogP contribution in [0.4, 0.5) is 0 Å². The van der Waals surface area contributed by atoms with Gasteiger partial charge in [0.15, 0.2) is 6.61 Å². The second-order valence-electron chi connectivity index (χ2n) is 4.71. The first-order valence-electron chi connectivity index (χ1n) is 7.07. The Kier molecular flexibility index (Phi) is 6.79. The number of rotatable bonds is 7. The smallest absolute Gasteiger partial charge is 0.341 e. The summed E-state index contributed by atoms with van der Waals surface area (Å²) in [7, 11) is 0. The summed E-state index contributed by atoms with van der Waals surface area (Å²) in [4.78, 5) is 39.2. The van der Waals surface area contributed by atoms with Crippen molar-refractivity contribution in [3.63, 3.8) is 0 Å². The molecule has 0 aliphatic carbocycles. The molecule has 0 atom stereocenters. The first kappa shape index (κ1) is 18.8. The molecule has 0 aliphatic heterocycles. The largest absolute Gasteiger partial charge is 0.452 e. The number of esters is 1. The van der Waals surface area contributed by atoms with E-state index >= 15 is 0 Å². The van der Waals surface area contributed by atoms with E-state index in [-0.39, 0.29) is 12.1 Å². The van der Waals surface area contributed by atoms with Crippen LogP contribution in [0.3, 0.4) is 0 Å². The summed E-state index contributed by atoms with van der Waals surface area (Å²) in [6, 6.07) is 10.3. The molecule has 0 fully saturated rings. The number of hydrogen-bond acceptors (Lipinski definition) is 6. The number of benzene rings is 1. The van der Waals surface area contributed by atoms with E-state index in [2.05, 4.69) is 10.3 Å².